The van der Waals surface area contributed by atoms with Crippen molar-refractivity contribution in [3.8, 4) is 17.6 Å². The molecule has 112 valence electrons. The van der Waals surface area contributed by atoms with E-state index in [0.717, 1.165) is 11.3 Å². The predicted octanol–water partition coefficient (Wildman–Crippen LogP) is 2.60. The first kappa shape index (κ1) is 16.8. The van der Waals surface area contributed by atoms with Crippen molar-refractivity contribution in [2.45, 2.75) is 26.7 Å². The minimum Gasteiger partial charge on any atom is -0.497 e. The van der Waals surface area contributed by atoms with E-state index in [9.17, 15) is 9.59 Å². The van der Waals surface area contributed by atoms with Gasteiger partial charge in [-0.15, -0.1) is 0 Å². The first-order valence-electron chi connectivity index (χ1n) is 6.62. The number of ether oxygens (including phenoxy) is 2. The molecule has 1 aromatic rings. The van der Waals surface area contributed by atoms with E-state index in [1.165, 1.54) is 7.11 Å². The third-order valence-corrected chi connectivity index (χ3v) is 3.14. The third-order valence-electron chi connectivity index (χ3n) is 3.14. The topological polar surface area (TPSA) is 52.6 Å². The van der Waals surface area contributed by atoms with Crippen LogP contribution in [0, 0.1) is 17.3 Å². The summed E-state index contributed by atoms with van der Waals surface area (Å²) < 4.78 is 9.57. The molecule has 0 heterocycles. The van der Waals surface area contributed by atoms with Crippen molar-refractivity contribution in [1.29, 1.82) is 0 Å². The molecule has 4 heteroatoms. The van der Waals surface area contributed by atoms with Crippen LogP contribution in [0.1, 0.15) is 32.3 Å². The zero-order valence-electron chi connectivity index (χ0n) is 12.9. The summed E-state index contributed by atoms with van der Waals surface area (Å²) >= 11 is 0. The van der Waals surface area contributed by atoms with E-state index in [-0.39, 0.29) is 12.2 Å². The monoisotopic (exact) mass is 288 g/mol. The minimum absolute atomic E-state index is 0.168. The van der Waals surface area contributed by atoms with Gasteiger partial charge in [0, 0.05) is 17.4 Å². The van der Waals surface area contributed by atoms with Crippen LogP contribution in [0.5, 0.6) is 5.75 Å². The average molecular weight is 288 g/mol. The van der Waals surface area contributed by atoms with Gasteiger partial charge in [0.25, 0.3) is 0 Å². The summed E-state index contributed by atoms with van der Waals surface area (Å²) in [7, 11) is 2.88. The summed E-state index contributed by atoms with van der Waals surface area (Å²) in [6, 6.07) is 7.37. The number of esters is 1. The predicted molar refractivity (Wildman–Crippen MR) is 79.9 cm³/mol. The second-order valence-corrected chi connectivity index (χ2v) is 5.27. The molecule has 21 heavy (non-hydrogen) atoms. The Hall–Kier alpha value is -2.28. The van der Waals surface area contributed by atoms with Crippen molar-refractivity contribution >= 4 is 11.8 Å². The smallest absolute Gasteiger partial charge is 0.313 e. The Bertz CT molecular complexity index is 559. The number of ketones is 1. The second-order valence-electron chi connectivity index (χ2n) is 5.27. The van der Waals surface area contributed by atoms with Crippen LogP contribution in [-0.4, -0.2) is 26.0 Å². The molecule has 0 aromatic heterocycles. The molecule has 0 unspecified atom stereocenters. The maximum atomic E-state index is 12.0. The first-order chi connectivity index (χ1) is 9.89. The van der Waals surface area contributed by atoms with Crippen LogP contribution in [-0.2, 0) is 14.3 Å². The number of hydrogen-bond donors (Lipinski definition) is 0. The zero-order valence-corrected chi connectivity index (χ0v) is 12.9. The Kier molecular flexibility index (Phi) is 5.98. The van der Waals surface area contributed by atoms with Gasteiger partial charge in [0.2, 0.25) is 0 Å². The molecule has 0 N–H and O–H groups in total. The highest BCUT2D eigenvalue weighted by Crippen LogP contribution is 2.23. The van der Waals surface area contributed by atoms with E-state index in [0.29, 0.717) is 6.42 Å². The lowest BCUT2D eigenvalue weighted by molar-refractivity contribution is -0.145. The zero-order chi connectivity index (χ0) is 15.9. The maximum Gasteiger partial charge on any atom is 0.313 e. The average Bonchev–Trinajstić information content (AvgIpc) is 2.47. The second kappa shape index (κ2) is 7.49. The van der Waals surface area contributed by atoms with Crippen LogP contribution in [0.2, 0.25) is 0 Å². The molecule has 1 rings (SSSR count). The summed E-state index contributed by atoms with van der Waals surface area (Å²) in [6.45, 7) is 3.56. The highest BCUT2D eigenvalue weighted by Gasteiger charge is 2.28. The Morgan fingerprint density at radius 3 is 2.29 bits per heavy atom. The van der Waals surface area contributed by atoms with Gasteiger partial charge in [0.05, 0.1) is 14.2 Å². The molecule has 0 aliphatic rings. The van der Waals surface area contributed by atoms with Gasteiger partial charge in [-0.05, 0) is 24.3 Å². The normalized spacial score (nSPS) is 10.3. The number of rotatable bonds is 5. The highest BCUT2D eigenvalue weighted by molar-refractivity contribution is 5.98. The minimum atomic E-state index is -0.673. The number of carbonyl (C=O) groups is 2. The van der Waals surface area contributed by atoms with Crippen LogP contribution in [0.15, 0.2) is 24.3 Å². The quantitative estimate of drug-likeness (QED) is 0.475. The molecule has 0 bridgehead atoms. The number of hydrogen-bond acceptors (Lipinski definition) is 4. The molecule has 0 spiro atoms. The highest BCUT2D eigenvalue weighted by atomic mass is 16.5. The van der Waals surface area contributed by atoms with Crippen LogP contribution in [0.3, 0.4) is 0 Å². The van der Waals surface area contributed by atoms with Gasteiger partial charge < -0.3 is 9.47 Å². The lowest BCUT2D eigenvalue weighted by Gasteiger charge is -2.19. The summed E-state index contributed by atoms with van der Waals surface area (Å²) in [5.74, 6) is 6.07. The Morgan fingerprint density at radius 1 is 1.14 bits per heavy atom. The number of methoxy groups -OCH3 is 2. The lowest BCUT2D eigenvalue weighted by atomic mass is 9.83. The maximum absolute atomic E-state index is 12.0. The summed E-state index contributed by atoms with van der Waals surface area (Å²) in [6.07, 6.45) is 0.169. The standard InChI is InChI=1S/C17H20O4/c1-17(2,15(18)12-16(19)21-4)11-5-6-13-7-9-14(20-3)10-8-13/h7-10H,11-12H2,1-4H3. The molecular weight excluding hydrogens is 268 g/mol. The number of carbonyl (C=O) groups excluding carboxylic acids is 2. The SMILES string of the molecule is COC(=O)CC(=O)C(C)(C)CC#Cc1ccc(OC)cc1. The van der Waals surface area contributed by atoms with Gasteiger partial charge in [-0.1, -0.05) is 25.7 Å². The first-order valence-corrected chi connectivity index (χ1v) is 6.62. The van der Waals surface area contributed by atoms with Crippen molar-refractivity contribution in [3.05, 3.63) is 29.8 Å². The molecule has 0 atom stereocenters. The molecule has 0 amide bonds. The van der Waals surface area contributed by atoms with Crippen molar-refractivity contribution in [2.75, 3.05) is 14.2 Å². The van der Waals surface area contributed by atoms with Crippen LogP contribution in [0.4, 0.5) is 0 Å². The van der Waals surface area contributed by atoms with Crippen LogP contribution < -0.4 is 4.74 Å². The van der Waals surface area contributed by atoms with Gasteiger partial charge in [-0.2, -0.15) is 0 Å². The largest absolute Gasteiger partial charge is 0.497 e. The van der Waals surface area contributed by atoms with Gasteiger partial charge in [0.15, 0.2) is 5.78 Å². The molecule has 0 saturated heterocycles. The number of Topliss-reactive ketones (excluding diaryl/α,β-unsaturated/α-hetero) is 1. The van der Waals surface area contributed by atoms with Crippen LogP contribution in [0.25, 0.3) is 0 Å². The van der Waals surface area contributed by atoms with Crippen molar-refractivity contribution < 1.29 is 19.1 Å². The van der Waals surface area contributed by atoms with Crippen LogP contribution >= 0.6 is 0 Å². The molecule has 0 aliphatic carbocycles. The Morgan fingerprint density at radius 2 is 1.76 bits per heavy atom. The molecule has 1 aromatic carbocycles. The summed E-state index contributed by atoms with van der Waals surface area (Å²) in [5, 5.41) is 0. The summed E-state index contributed by atoms with van der Waals surface area (Å²) in [4.78, 5) is 23.1. The lowest BCUT2D eigenvalue weighted by Crippen LogP contribution is -2.26. The molecule has 0 saturated carbocycles. The molecule has 0 fully saturated rings. The molecule has 4 nitrogen and oxygen atoms in total. The molecular formula is C17H20O4. The van der Waals surface area contributed by atoms with Gasteiger partial charge in [0.1, 0.15) is 12.2 Å². The fourth-order valence-corrected chi connectivity index (χ4v) is 1.58. The summed E-state index contributed by atoms with van der Waals surface area (Å²) in [5.41, 5.74) is 0.181. The van der Waals surface area contributed by atoms with E-state index in [1.807, 2.05) is 24.3 Å². The fraction of sp³-hybridized carbons (Fsp3) is 0.412. The van der Waals surface area contributed by atoms with E-state index in [1.54, 1.807) is 21.0 Å². The Labute approximate surface area is 125 Å². The van der Waals surface area contributed by atoms with Crippen molar-refractivity contribution in [1.82, 2.24) is 0 Å². The van der Waals surface area contributed by atoms with Gasteiger partial charge in [-0.25, -0.2) is 0 Å². The number of benzene rings is 1. The van der Waals surface area contributed by atoms with E-state index in [2.05, 4.69) is 16.6 Å². The van der Waals surface area contributed by atoms with E-state index in [4.69, 9.17) is 4.74 Å². The van der Waals surface area contributed by atoms with E-state index >= 15 is 0 Å². The molecule has 0 aliphatic heterocycles. The van der Waals surface area contributed by atoms with Gasteiger partial charge >= 0.3 is 5.97 Å². The Balaban J connectivity index is 2.66. The molecule has 0 radical (unpaired) electrons. The fourth-order valence-electron chi connectivity index (χ4n) is 1.58. The van der Waals surface area contributed by atoms with Crippen molar-refractivity contribution in [2.24, 2.45) is 5.41 Å². The van der Waals surface area contributed by atoms with Gasteiger partial charge in [-0.3, -0.25) is 9.59 Å². The van der Waals surface area contributed by atoms with E-state index < -0.39 is 11.4 Å². The third kappa shape index (κ3) is 5.31. The van der Waals surface area contributed by atoms with Crippen molar-refractivity contribution in [3.63, 3.8) is 0 Å².